The van der Waals surface area contributed by atoms with Crippen LogP contribution in [0, 0.1) is 5.92 Å². The second kappa shape index (κ2) is 7.33. The van der Waals surface area contributed by atoms with E-state index in [1.54, 1.807) is 12.1 Å². The molecular weight excluding hydrogens is 315 g/mol. The highest BCUT2D eigenvalue weighted by molar-refractivity contribution is 6.33. The summed E-state index contributed by atoms with van der Waals surface area (Å²) in [4.78, 5) is 0. The zero-order valence-electron chi connectivity index (χ0n) is 10.8. The Balaban J connectivity index is 2.08. The van der Waals surface area contributed by atoms with E-state index in [-0.39, 0.29) is 12.5 Å². The molecule has 4 heteroatoms. The second-order valence-electron chi connectivity index (χ2n) is 4.82. The van der Waals surface area contributed by atoms with Crippen molar-refractivity contribution in [3.63, 3.8) is 0 Å². The molecule has 0 aliphatic rings. The lowest BCUT2D eigenvalue weighted by Crippen LogP contribution is -2.13. The SMILES string of the molecule is OCC(Cc1ccc(Cl)cc1)Cc1cc(Cl)ccc1Cl. The third kappa shape index (κ3) is 4.39. The van der Waals surface area contributed by atoms with Crippen molar-refractivity contribution in [2.45, 2.75) is 12.8 Å². The zero-order valence-corrected chi connectivity index (χ0v) is 13.1. The monoisotopic (exact) mass is 328 g/mol. The molecule has 0 fully saturated rings. The molecule has 0 heterocycles. The Morgan fingerprint density at radius 2 is 1.50 bits per heavy atom. The van der Waals surface area contributed by atoms with E-state index in [1.165, 1.54) is 0 Å². The molecule has 2 rings (SSSR count). The van der Waals surface area contributed by atoms with Gasteiger partial charge in [0, 0.05) is 21.7 Å². The molecule has 1 unspecified atom stereocenters. The Bertz CT molecular complexity index is 566. The summed E-state index contributed by atoms with van der Waals surface area (Å²) in [6.07, 6.45) is 1.47. The Morgan fingerprint density at radius 3 is 2.15 bits per heavy atom. The van der Waals surface area contributed by atoms with Crippen molar-refractivity contribution in [3.8, 4) is 0 Å². The maximum absolute atomic E-state index is 9.56. The summed E-state index contributed by atoms with van der Waals surface area (Å²) >= 11 is 18.0. The molecule has 2 aromatic carbocycles. The third-order valence-electron chi connectivity index (χ3n) is 3.21. The molecule has 0 spiro atoms. The minimum atomic E-state index is 0.103. The van der Waals surface area contributed by atoms with Gasteiger partial charge in [0.2, 0.25) is 0 Å². The Morgan fingerprint density at radius 1 is 0.850 bits per heavy atom. The van der Waals surface area contributed by atoms with Crippen LogP contribution in [0.4, 0.5) is 0 Å². The van der Waals surface area contributed by atoms with E-state index in [2.05, 4.69) is 0 Å². The average molecular weight is 330 g/mol. The summed E-state index contributed by atoms with van der Waals surface area (Å²) in [5, 5.41) is 11.6. The van der Waals surface area contributed by atoms with Crippen LogP contribution in [0.25, 0.3) is 0 Å². The molecule has 0 radical (unpaired) electrons. The van der Waals surface area contributed by atoms with Gasteiger partial charge in [0.1, 0.15) is 0 Å². The molecule has 0 saturated carbocycles. The van der Waals surface area contributed by atoms with E-state index in [0.717, 1.165) is 17.5 Å². The molecule has 0 bridgehead atoms. The number of hydrogen-bond donors (Lipinski definition) is 1. The number of aliphatic hydroxyl groups excluding tert-OH is 1. The van der Waals surface area contributed by atoms with E-state index in [1.807, 2.05) is 30.3 Å². The number of hydrogen-bond acceptors (Lipinski definition) is 1. The van der Waals surface area contributed by atoms with Gasteiger partial charge in [-0.3, -0.25) is 0 Å². The van der Waals surface area contributed by atoms with Crippen molar-refractivity contribution >= 4 is 34.8 Å². The van der Waals surface area contributed by atoms with Crippen molar-refractivity contribution in [1.82, 2.24) is 0 Å². The fraction of sp³-hybridized carbons (Fsp3) is 0.250. The summed E-state index contributed by atoms with van der Waals surface area (Å²) in [6, 6.07) is 13.1. The lowest BCUT2D eigenvalue weighted by Gasteiger charge is -2.15. The first-order chi connectivity index (χ1) is 9.58. The molecule has 0 saturated heterocycles. The number of halogens is 3. The summed E-state index contributed by atoms with van der Waals surface area (Å²) in [5.74, 6) is 0.104. The Labute approximate surface area is 134 Å². The van der Waals surface area contributed by atoms with Gasteiger partial charge >= 0.3 is 0 Å². The first-order valence-electron chi connectivity index (χ1n) is 6.37. The predicted octanol–water partition coefficient (Wildman–Crippen LogP) is 5.04. The second-order valence-corrected chi connectivity index (χ2v) is 6.10. The van der Waals surface area contributed by atoms with Crippen molar-refractivity contribution in [1.29, 1.82) is 0 Å². The molecule has 20 heavy (non-hydrogen) atoms. The van der Waals surface area contributed by atoms with Crippen molar-refractivity contribution in [2.24, 2.45) is 5.92 Å². The molecule has 0 aliphatic heterocycles. The van der Waals surface area contributed by atoms with Crippen LogP contribution in [-0.4, -0.2) is 11.7 Å². The molecule has 1 atom stereocenters. The summed E-state index contributed by atoms with van der Waals surface area (Å²) in [7, 11) is 0. The molecule has 1 nitrogen and oxygen atoms in total. The van der Waals surface area contributed by atoms with Gasteiger partial charge in [0.15, 0.2) is 0 Å². The van der Waals surface area contributed by atoms with E-state index in [9.17, 15) is 5.11 Å². The van der Waals surface area contributed by atoms with Crippen LogP contribution < -0.4 is 0 Å². The van der Waals surface area contributed by atoms with Crippen molar-refractivity contribution in [3.05, 3.63) is 68.7 Å². The predicted molar refractivity (Wildman–Crippen MR) is 85.9 cm³/mol. The molecule has 0 aliphatic carbocycles. The highest BCUT2D eigenvalue weighted by atomic mass is 35.5. The maximum Gasteiger partial charge on any atom is 0.0465 e. The smallest absolute Gasteiger partial charge is 0.0465 e. The number of aliphatic hydroxyl groups is 1. The molecule has 0 aromatic heterocycles. The van der Waals surface area contributed by atoms with Crippen LogP contribution in [-0.2, 0) is 12.8 Å². The molecular formula is C16H15Cl3O. The van der Waals surface area contributed by atoms with Crippen LogP contribution in [0.3, 0.4) is 0 Å². The van der Waals surface area contributed by atoms with Crippen LogP contribution >= 0.6 is 34.8 Å². The van der Waals surface area contributed by atoms with Gasteiger partial charge in [-0.2, -0.15) is 0 Å². The van der Waals surface area contributed by atoms with E-state index < -0.39 is 0 Å². The van der Waals surface area contributed by atoms with Crippen LogP contribution in [0.1, 0.15) is 11.1 Å². The lowest BCUT2D eigenvalue weighted by molar-refractivity contribution is 0.225. The minimum Gasteiger partial charge on any atom is -0.396 e. The van der Waals surface area contributed by atoms with Gasteiger partial charge < -0.3 is 5.11 Å². The van der Waals surface area contributed by atoms with Gasteiger partial charge in [0.05, 0.1) is 0 Å². The van der Waals surface area contributed by atoms with Gasteiger partial charge in [-0.15, -0.1) is 0 Å². The quantitative estimate of drug-likeness (QED) is 0.814. The van der Waals surface area contributed by atoms with Crippen LogP contribution in [0.5, 0.6) is 0 Å². The average Bonchev–Trinajstić information content (AvgIpc) is 2.44. The van der Waals surface area contributed by atoms with Gasteiger partial charge in [-0.05, 0) is 60.2 Å². The minimum absolute atomic E-state index is 0.103. The normalized spacial score (nSPS) is 12.4. The van der Waals surface area contributed by atoms with Crippen molar-refractivity contribution in [2.75, 3.05) is 6.61 Å². The standard InChI is InChI=1S/C16H15Cl3O/c17-14-3-1-11(2-4-14)7-12(10-20)8-13-9-15(18)5-6-16(13)19/h1-6,9,12,20H,7-8,10H2. The largest absolute Gasteiger partial charge is 0.396 e. The topological polar surface area (TPSA) is 20.2 Å². The Hall–Kier alpha value is -0.730. The van der Waals surface area contributed by atoms with E-state index in [4.69, 9.17) is 34.8 Å². The number of benzene rings is 2. The first-order valence-corrected chi connectivity index (χ1v) is 7.51. The molecule has 106 valence electrons. The first kappa shape index (κ1) is 15.7. The highest BCUT2D eigenvalue weighted by Gasteiger charge is 2.12. The Kier molecular flexibility index (Phi) is 5.74. The third-order valence-corrected chi connectivity index (χ3v) is 4.07. The molecule has 1 N–H and O–H groups in total. The fourth-order valence-electron chi connectivity index (χ4n) is 2.17. The summed E-state index contributed by atoms with van der Waals surface area (Å²) in [6.45, 7) is 0.103. The van der Waals surface area contributed by atoms with Gasteiger partial charge in [0.25, 0.3) is 0 Å². The van der Waals surface area contributed by atoms with E-state index in [0.29, 0.717) is 21.5 Å². The van der Waals surface area contributed by atoms with Gasteiger partial charge in [-0.25, -0.2) is 0 Å². The van der Waals surface area contributed by atoms with Crippen LogP contribution in [0.2, 0.25) is 15.1 Å². The highest BCUT2D eigenvalue weighted by Crippen LogP contribution is 2.25. The maximum atomic E-state index is 9.56. The molecule has 0 amide bonds. The molecule has 2 aromatic rings. The van der Waals surface area contributed by atoms with Crippen molar-refractivity contribution < 1.29 is 5.11 Å². The lowest BCUT2D eigenvalue weighted by atomic mass is 9.93. The summed E-state index contributed by atoms with van der Waals surface area (Å²) < 4.78 is 0. The van der Waals surface area contributed by atoms with Crippen LogP contribution in [0.15, 0.2) is 42.5 Å². The zero-order chi connectivity index (χ0) is 14.5. The number of rotatable bonds is 5. The fourth-order valence-corrected chi connectivity index (χ4v) is 2.68. The van der Waals surface area contributed by atoms with E-state index >= 15 is 0 Å². The van der Waals surface area contributed by atoms with Gasteiger partial charge in [-0.1, -0.05) is 46.9 Å². The summed E-state index contributed by atoms with van der Waals surface area (Å²) in [5.41, 5.74) is 2.11.